The molecule has 0 saturated heterocycles. The molecule has 0 aliphatic heterocycles. The summed E-state index contributed by atoms with van der Waals surface area (Å²) in [4.78, 5) is 4.25. The molecule has 2 nitrogen and oxygen atoms in total. The maximum Gasteiger partial charge on any atom is 0.145 e. The van der Waals surface area contributed by atoms with Gasteiger partial charge in [0, 0.05) is 6.20 Å². The van der Waals surface area contributed by atoms with Crippen LogP contribution in [0.25, 0.3) is 0 Å². The molecule has 18 heavy (non-hydrogen) atoms. The summed E-state index contributed by atoms with van der Waals surface area (Å²) in [5, 5.41) is 3.98. The number of anilines is 1. The summed E-state index contributed by atoms with van der Waals surface area (Å²) in [6.07, 6.45) is 2.60. The van der Waals surface area contributed by atoms with Gasteiger partial charge in [-0.25, -0.2) is 4.98 Å². The lowest BCUT2D eigenvalue weighted by Crippen LogP contribution is -2.17. The van der Waals surface area contributed by atoms with Crippen molar-refractivity contribution < 1.29 is 0 Å². The van der Waals surface area contributed by atoms with Gasteiger partial charge >= 0.3 is 0 Å². The van der Waals surface area contributed by atoms with Crippen molar-refractivity contribution in [1.29, 1.82) is 0 Å². The minimum atomic E-state index is 0.0282. The van der Waals surface area contributed by atoms with E-state index in [0.29, 0.717) is 10.8 Å². The number of hydrogen-bond donors (Lipinski definition) is 1. The summed E-state index contributed by atoms with van der Waals surface area (Å²) in [7, 11) is 0. The molecule has 2 unspecified atom stereocenters. The topological polar surface area (TPSA) is 24.9 Å². The summed E-state index contributed by atoms with van der Waals surface area (Å²) in [5.74, 6) is 0.687. The highest BCUT2D eigenvalue weighted by Crippen LogP contribution is 2.37. The van der Waals surface area contributed by atoms with Crippen LogP contribution in [0.3, 0.4) is 0 Å². The highest BCUT2D eigenvalue weighted by molar-refractivity contribution is 6.32. The number of pyridine rings is 1. The van der Waals surface area contributed by atoms with Crippen molar-refractivity contribution in [1.82, 2.24) is 4.98 Å². The quantitative estimate of drug-likeness (QED) is 0.839. The van der Waals surface area contributed by atoms with E-state index in [4.69, 9.17) is 23.2 Å². The van der Waals surface area contributed by atoms with Crippen molar-refractivity contribution in [2.45, 2.75) is 17.8 Å². The van der Waals surface area contributed by atoms with Crippen molar-refractivity contribution in [2.75, 3.05) is 5.32 Å². The zero-order chi connectivity index (χ0) is 12.5. The van der Waals surface area contributed by atoms with Crippen LogP contribution in [0.15, 0.2) is 42.6 Å². The van der Waals surface area contributed by atoms with E-state index in [1.54, 1.807) is 6.20 Å². The van der Waals surface area contributed by atoms with Crippen molar-refractivity contribution in [3.05, 3.63) is 58.7 Å². The molecule has 0 amide bonds. The zero-order valence-electron chi connectivity index (χ0n) is 9.61. The Kier molecular flexibility index (Phi) is 3.14. The lowest BCUT2D eigenvalue weighted by Gasteiger charge is -2.18. The maximum atomic E-state index is 6.41. The Bertz CT molecular complexity index is 571. The van der Waals surface area contributed by atoms with Gasteiger partial charge < -0.3 is 5.32 Å². The largest absolute Gasteiger partial charge is 0.361 e. The first-order valence-electron chi connectivity index (χ1n) is 5.84. The Labute approximate surface area is 116 Å². The van der Waals surface area contributed by atoms with Gasteiger partial charge in [0.05, 0.1) is 16.4 Å². The maximum absolute atomic E-state index is 6.41. The number of fused-ring (bicyclic) bond motifs is 1. The van der Waals surface area contributed by atoms with Crippen LogP contribution in [0.1, 0.15) is 17.2 Å². The molecule has 0 bridgehead atoms. The normalized spacial score (nSPS) is 21.7. The van der Waals surface area contributed by atoms with Crippen LogP contribution >= 0.6 is 23.2 Å². The molecular weight excluding hydrogens is 267 g/mol. The molecule has 0 radical (unpaired) electrons. The number of alkyl halides is 1. The van der Waals surface area contributed by atoms with E-state index in [-0.39, 0.29) is 11.4 Å². The van der Waals surface area contributed by atoms with E-state index in [0.717, 1.165) is 6.42 Å². The van der Waals surface area contributed by atoms with Crippen LogP contribution in [0, 0.1) is 0 Å². The Morgan fingerprint density at radius 2 is 2.00 bits per heavy atom. The molecule has 0 saturated carbocycles. The Hall–Kier alpha value is -1.25. The summed E-state index contributed by atoms with van der Waals surface area (Å²) < 4.78 is 0. The summed E-state index contributed by atoms with van der Waals surface area (Å²) in [5.41, 5.74) is 2.53. The van der Waals surface area contributed by atoms with E-state index in [1.165, 1.54) is 11.1 Å². The van der Waals surface area contributed by atoms with Gasteiger partial charge in [0.15, 0.2) is 0 Å². The minimum Gasteiger partial charge on any atom is -0.361 e. The van der Waals surface area contributed by atoms with Crippen LogP contribution in [-0.2, 0) is 6.42 Å². The number of aromatic nitrogens is 1. The van der Waals surface area contributed by atoms with Gasteiger partial charge in [-0.05, 0) is 29.7 Å². The fraction of sp³-hybridized carbons (Fsp3) is 0.214. The molecule has 2 aromatic rings. The molecule has 1 aromatic carbocycles. The molecule has 4 heteroatoms. The third-order valence-corrected chi connectivity index (χ3v) is 3.93. The molecule has 0 spiro atoms. The first-order chi connectivity index (χ1) is 8.75. The van der Waals surface area contributed by atoms with Crippen molar-refractivity contribution in [2.24, 2.45) is 0 Å². The molecule has 1 aliphatic rings. The third kappa shape index (κ3) is 2.06. The van der Waals surface area contributed by atoms with E-state index in [1.807, 2.05) is 24.3 Å². The van der Waals surface area contributed by atoms with Gasteiger partial charge in [-0.2, -0.15) is 0 Å². The van der Waals surface area contributed by atoms with Crippen LogP contribution in [0.5, 0.6) is 0 Å². The highest BCUT2D eigenvalue weighted by atomic mass is 35.5. The third-order valence-electron chi connectivity index (χ3n) is 3.22. The molecule has 1 aromatic heterocycles. The van der Waals surface area contributed by atoms with Crippen LogP contribution < -0.4 is 5.32 Å². The highest BCUT2D eigenvalue weighted by Gasteiger charge is 2.31. The van der Waals surface area contributed by atoms with Crippen molar-refractivity contribution in [3.63, 3.8) is 0 Å². The Morgan fingerprint density at radius 1 is 1.17 bits per heavy atom. The summed E-state index contributed by atoms with van der Waals surface area (Å²) in [6.45, 7) is 0. The molecule has 1 heterocycles. The van der Waals surface area contributed by atoms with Crippen LogP contribution in [0.4, 0.5) is 5.82 Å². The van der Waals surface area contributed by atoms with E-state index in [2.05, 4.69) is 22.4 Å². The number of benzene rings is 1. The zero-order valence-corrected chi connectivity index (χ0v) is 11.1. The standard InChI is InChI=1S/C14H12Cl2N2/c15-11-6-3-7-17-14(11)18-13-10-5-2-1-4-9(10)8-12(13)16/h1-7,12-13H,8H2,(H,17,18). The predicted molar refractivity (Wildman–Crippen MR) is 75.4 cm³/mol. The molecule has 2 atom stereocenters. The number of nitrogens with zero attached hydrogens (tertiary/aromatic N) is 1. The lowest BCUT2D eigenvalue weighted by atomic mass is 10.1. The predicted octanol–water partition coefficient (Wildman–Crippen LogP) is 4.05. The lowest BCUT2D eigenvalue weighted by molar-refractivity contribution is 0.767. The molecule has 1 aliphatic carbocycles. The fourth-order valence-electron chi connectivity index (χ4n) is 2.35. The smallest absolute Gasteiger partial charge is 0.145 e. The second-order valence-corrected chi connectivity index (χ2v) is 5.34. The number of halogens is 2. The monoisotopic (exact) mass is 278 g/mol. The number of rotatable bonds is 2. The summed E-state index contributed by atoms with van der Waals surface area (Å²) >= 11 is 12.5. The Balaban J connectivity index is 1.92. The number of nitrogens with one attached hydrogen (secondary N) is 1. The van der Waals surface area contributed by atoms with Gasteiger partial charge in [0.1, 0.15) is 5.82 Å². The van der Waals surface area contributed by atoms with Crippen molar-refractivity contribution in [3.8, 4) is 0 Å². The van der Waals surface area contributed by atoms with E-state index in [9.17, 15) is 0 Å². The molecule has 1 N–H and O–H groups in total. The van der Waals surface area contributed by atoms with Gasteiger partial charge in [-0.1, -0.05) is 35.9 Å². The Morgan fingerprint density at radius 3 is 2.83 bits per heavy atom. The van der Waals surface area contributed by atoms with Gasteiger partial charge in [0.25, 0.3) is 0 Å². The SMILES string of the molecule is Clc1cccnc1NC1c2ccccc2CC1Cl. The minimum absolute atomic E-state index is 0.0282. The van der Waals surface area contributed by atoms with Gasteiger partial charge in [-0.3, -0.25) is 0 Å². The average Bonchev–Trinajstić information content (AvgIpc) is 2.69. The fourth-order valence-corrected chi connectivity index (χ4v) is 2.89. The molecule has 0 fully saturated rings. The first-order valence-corrected chi connectivity index (χ1v) is 6.66. The molecular formula is C14H12Cl2N2. The summed E-state index contributed by atoms with van der Waals surface area (Å²) in [6, 6.07) is 12.0. The first kappa shape index (κ1) is 11.8. The second kappa shape index (κ2) is 4.79. The van der Waals surface area contributed by atoms with Gasteiger partial charge in [0.2, 0.25) is 0 Å². The molecule has 92 valence electrons. The van der Waals surface area contributed by atoms with Gasteiger partial charge in [-0.15, -0.1) is 11.6 Å². The van der Waals surface area contributed by atoms with Crippen molar-refractivity contribution >= 4 is 29.0 Å². The van der Waals surface area contributed by atoms with E-state index < -0.39 is 0 Å². The molecule has 3 rings (SSSR count). The second-order valence-electron chi connectivity index (χ2n) is 4.37. The van der Waals surface area contributed by atoms with Crippen LogP contribution in [0.2, 0.25) is 5.02 Å². The average molecular weight is 279 g/mol. The van der Waals surface area contributed by atoms with Crippen LogP contribution in [-0.4, -0.2) is 10.4 Å². The number of hydrogen-bond acceptors (Lipinski definition) is 2. The van der Waals surface area contributed by atoms with E-state index >= 15 is 0 Å².